The zero-order chi connectivity index (χ0) is 27.6. The molecular formula is C33H31F3O3. The summed E-state index contributed by atoms with van der Waals surface area (Å²) in [5, 5.41) is 0. The number of unbranched alkanes of at least 4 members (excludes halogenated alkanes) is 1. The fourth-order valence-electron chi connectivity index (χ4n) is 3.96. The van der Waals surface area contributed by atoms with Crippen LogP contribution < -0.4 is 14.2 Å². The summed E-state index contributed by atoms with van der Waals surface area (Å²) in [5.74, 6) is -0.700. The highest BCUT2D eigenvalue weighted by Gasteiger charge is 2.16. The number of benzene rings is 4. The van der Waals surface area contributed by atoms with Crippen molar-refractivity contribution in [1.82, 2.24) is 0 Å². The second kappa shape index (κ2) is 13.6. The van der Waals surface area contributed by atoms with E-state index in [2.05, 4.69) is 13.5 Å². The zero-order valence-electron chi connectivity index (χ0n) is 21.9. The highest BCUT2D eigenvalue weighted by atomic mass is 19.2. The van der Waals surface area contributed by atoms with Crippen LogP contribution in [0.25, 0.3) is 22.3 Å². The Labute approximate surface area is 227 Å². The minimum atomic E-state index is -0.954. The molecule has 202 valence electrons. The van der Waals surface area contributed by atoms with Crippen LogP contribution in [0.15, 0.2) is 91.5 Å². The Balaban J connectivity index is 1.39. The molecule has 0 aromatic heterocycles. The quantitative estimate of drug-likeness (QED) is 0.127. The molecule has 0 unspecified atom stereocenters. The first kappa shape index (κ1) is 27.8. The average Bonchev–Trinajstić information content (AvgIpc) is 2.95. The van der Waals surface area contributed by atoms with Gasteiger partial charge in [0.05, 0.1) is 13.2 Å². The van der Waals surface area contributed by atoms with Crippen LogP contribution in [0.1, 0.15) is 31.7 Å². The highest BCUT2D eigenvalue weighted by Crippen LogP contribution is 2.30. The lowest BCUT2D eigenvalue weighted by Crippen LogP contribution is -2.02. The third-order valence-corrected chi connectivity index (χ3v) is 6.19. The van der Waals surface area contributed by atoms with E-state index in [9.17, 15) is 13.2 Å². The molecule has 4 aromatic carbocycles. The van der Waals surface area contributed by atoms with Crippen LogP contribution in [0.5, 0.6) is 17.2 Å². The Hall–Kier alpha value is -4.19. The lowest BCUT2D eigenvalue weighted by molar-refractivity contribution is 0.297. The van der Waals surface area contributed by atoms with Crippen LogP contribution in [0.3, 0.4) is 0 Å². The van der Waals surface area contributed by atoms with E-state index < -0.39 is 17.5 Å². The molecule has 0 heterocycles. The summed E-state index contributed by atoms with van der Waals surface area (Å²) >= 11 is 0. The van der Waals surface area contributed by atoms with Crippen LogP contribution in [0, 0.1) is 17.5 Å². The summed E-state index contributed by atoms with van der Waals surface area (Å²) < 4.78 is 61.2. The fourth-order valence-corrected chi connectivity index (χ4v) is 3.96. The minimum Gasteiger partial charge on any atom is -0.494 e. The van der Waals surface area contributed by atoms with E-state index >= 15 is 0 Å². The minimum absolute atomic E-state index is 0.0953. The molecule has 0 aliphatic carbocycles. The largest absolute Gasteiger partial charge is 0.494 e. The van der Waals surface area contributed by atoms with Gasteiger partial charge in [-0.25, -0.2) is 13.2 Å². The van der Waals surface area contributed by atoms with E-state index in [-0.39, 0.29) is 17.7 Å². The van der Waals surface area contributed by atoms with Gasteiger partial charge in [0.15, 0.2) is 11.6 Å². The SMILES string of the molecule is C=CCCOc1ccc(-c2ccc(OCc3ccc(-c4ccc(OCCCC)cc4)c(F)c3F)cc2)c(F)c1. The van der Waals surface area contributed by atoms with Gasteiger partial charge >= 0.3 is 0 Å². The summed E-state index contributed by atoms with van der Waals surface area (Å²) in [5.41, 5.74) is 1.89. The summed E-state index contributed by atoms with van der Waals surface area (Å²) in [4.78, 5) is 0. The Morgan fingerprint density at radius 1 is 0.667 bits per heavy atom. The molecule has 4 aromatic rings. The molecule has 0 aliphatic rings. The summed E-state index contributed by atoms with van der Waals surface area (Å²) in [7, 11) is 0. The molecule has 0 amide bonds. The standard InChI is InChI=1S/C33H31F3O3/c1-3-5-19-37-26-12-9-24(10-13-26)30-17-11-25(32(35)33(30)36)22-39-27-14-7-23(8-15-27)29-18-16-28(21-31(29)34)38-20-6-4-2/h4,7-18,21H,2-3,5-6,19-20,22H2,1H3. The number of hydrogen-bond acceptors (Lipinski definition) is 3. The lowest BCUT2D eigenvalue weighted by atomic mass is 10.0. The molecule has 0 spiro atoms. The van der Waals surface area contributed by atoms with Crippen molar-refractivity contribution in [3.05, 3.63) is 115 Å². The van der Waals surface area contributed by atoms with Gasteiger partial charge in [0.1, 0.15) is 29.7 Å². The molecule has 0 atom stereocenters. The van der Waals surface area contributed by atoms with Crippen molar-refractivity contribution in [1.29, 1.82) is 0 Å². The van der Waals surface area contributed by atoms with E-state index in [1.165, 1.54) is 12.1 Å². The van der Waals surface area contributed by atoms with E-state index in [4.69, 9.17) is 14.2 Å². The van der Waals surface area contributed by atoms with Gasteiger partial charge in [-0.1, -0.05) is 55.8 Å². The first-order chi connectivity index (χ1) is 19.0. The van der Waals surface area contributed by atoms with Crippen molar-refractivity contribution < 1.29 is 27.4 Å². The van der Waals surface area contributed by atoms with Gasteiger partial charge in [-0.05, 0) is 60.4 Å². The molecule has 0 N–H and O–H groups in total. The molecule has 3 nitrogen and oxygen atoms in total. The molecule has 39 heavy (non-hydrogen) atoms. The maximum atomic E-state index is 14.9. The van der Waals surface area contributed by atoms with Gasteiger partial charge in [0.25, 0.3) is 0 Å². The molecule has 0 radical (unpaired) electrons. The van der Waals surface area contributed by atoms with Gasteiger partial charge in [0, 0.05) is 22.8 Å². The van der Waals surface area contributed by atoms with E-state index in [1.54, 1.807) is 72.8 Å². The topological polar surface area (TPSA) is 27.7 Å². The molecule has 0 bridgehead atoms. The van der Waals surface area contributed by atoms with Crippen molar-refractivity contribution in [2.24, 2.45) is 0 Å². The van der Waals surface area contributed by atoms with Crippen LogP contribution in [0.4, 0.5) is 13.2 Å². The molecule has 0 fully saturated rings. The third-order valence-electron chi connectivity index (χ3n) is 6.19. The van der Waals surface area contributed by atoms with Gasteiger partial charge in [-0.3, -0.25) is 0 Å². The van der Waals surface area contributed by atoms with Gasteiger partial charge in [-0.2, -0.15) is 0 Å². The molecule has 0 saturated carbocycles. The first-order valence-electron chi connectivity index (χ1n) is 13.0. The van der Waals surface area contributed by atoms with Crippen LogP contribution in [-0.2, 0) is 6.61 Å². The maximum absolute atomic E-state index is 14.9. The van der Waals surface area contributed by atoms with E-state index in [1.807, 2.05) is 0 Å². The predicted octanol–water partition coefficient (Wildman–Crippen LogP) is 9.15. The Morgan fingerprint density at radius 2 is 1.26 bits per heavy atom. The molecule has 0 saturated heterocycles. The maximum Gasteiger partial charge on any atom is 0.167 e. The van der Waals surface area contributed by atoms with Gasteiger partial charge in [-0.15, -0.1) is 6.58 Å². The normalized spacial score (nSPS) is 10.8. The number of hydrogen-bond donors (Lipinski definition) is 0. The average molecular weight is 533 g/mol. The van der Waals surface area contributed by atoms with Crippen molar-refractivity contribution in [2.45, 2.75) is 32.8 Å². The van der Waals surface area contributed by atoms with E-state index in [0.29, 0.717) is 53.6 Å². The summed E-state index contributed by atoms with van der Waals surface area (Å²) in [6.07, 6.45) is 4.40. The second-order valence-electron chi connectivity index (χ2n) is 9.01. The van der Waals surface area contributed by atoms with Crippen LogP contribution in [-0.4, -0.2) is 13.2 Å². The van der Waals surface area contributed by atoms with Crippen molar-refractivity contribution in [2.75, 3.05) is 13.2 Å². The molecule has 4 rings (SSSR count). The summed E-state index contributed by atoms with van der Waals surface area (Å²) in [6, 6.07) is 21.4. The number of halogens is 3. The lowest BCUT2D eigenvalue weighted by Gasteiger charge is -2.12. The highest BCUT2D eigenvalue weighted by molar-refractivity contribution is 5.66. The third kappa shape index (κ3) is 7.23. The molecule has 0 aliphatic heterocycles. The van der Waals surface area contributed by atoms with Crippen molar-refractivity contribution in [3.8, 4) is 39.5 Å². The van der Waals surface area contributed by atoms with Crippen molar-refractivity contribution >= 4 is 0 Å². The Kier molecular flexibility index (Phi) is 9.68. The Morgan fingerprint density at radius 3 is 1.90 bits per heavy atom. The molecular weight excluding hydrogens is 501 g/mol. The Bertz CT molecular complexity index is 1380. The van der Waals surface area contributed by atoms with E-state index in [0.717, 1.165) is 12.8 Å². The summed E-state index contributed by atoms with van der Waals surface area (Å²) in [6.45, 7) is 6.61. The van der Waals surface area contributed by atoms with Crippen LogP contribution in [0.2, 0.25) is 0 Å². The fraction of sp³-hybridized carbons (Fsp3) is 0.212. The number of rotatable bonds is 13. The zero-order valence-corrected chi connectivity index (χ0v) is 21.9. The monoisotopic (exact) mass is 532 g/mol. The second-order valence-corrected chi connectivity index (χ2v) is 9.01. The molecule has 6 heteroatoms. The predicted molar refractivity (Wildman–Crippen MR) is 149 cm³/mol. The van der Waals surface area contributed by atoms with Gasteiger partial charge in [0.2, 0.25) is 0 Å². The first-order valence-corrected chi connectivity index (χ1v) is 13.0. The van der Waals surface area contributed by atoms with Crippen LogP contribution >= 0.6 is 0 Å². The van der Waals surface area contributed by atoms with Gasteiger partial charge < -0.3 is 14.2 Å². The van der Waals surface area contributed by atoms with Crippen molar-refractivity contribution in [3.63, 3.8) is 0 Å². The number of ether oxygens (including phenoxy) is 3. The smallest absolute Gasteiger partial charge is 0.167 e.